The van der Waals surface area contributed by atoms with Crippen LogP contribution in [0.1, 0.15) is 17.0 Å². The first kappa shape index (κ1) is 10.8. The van der Waals surface area contributed by atoms with Crippen molar-refractivity contribution in [1.82, 2.24) is 30.1 Å². The zero-order valence-electron chi connectivity index (χ0n) is 9.80. The van der Waals surface area contributed by atoms with Gasteiger partial charge < -0.3 is 5.32 Å². The topological polar surface area (TPSA) is 60.6 Å². The van der Waals surface area contributed by atoms with Crippen molar-refractivity contribution in [1.29, 1.82) is 0 Å². The lowest BCUT2D eigenvalue weighted by molar-refractivity contribution is 0.616. The summed E-state index contributed by atoms with van der Waals surface area (Å²) in [6.45, 7) is 3.59. The third-order valence-corrected chi connectivity index (χ3v) is 2.54. The van der Waals surface area contributed by atoms with E-state index in [1.54, 1.807) is 10.9 Å². The minimum atomic E-state index is 0.762. The molecule has 0 aliphatic rings. The Balaban J connectivity index is 1.89. The quantitative estimate of drug-likeness (QED) is 0.796. The van der Waals surface area contributed by atoms with Crippen LogP contribution >= 0.6 is 0 Å². The van der Waals surface area contributed by atoms with Crippen molar-refractivity contribution < 1.29 is 0 Å². The molecule has 0 atom stereocenters. The van der Waals surface area contributed by atoms with Crippen LogP contribution in [0.5, 0.6) is 0 Å². The van der Waals surface area contributed by atoms with Gasteiger partial charge in [-0.2, -0.15) is 5.10 Å². The van der Waals surface area contributed by atoms with Crippen LogP contribution in [0.3, 0.4) is 0 Å². The van der Waals surface area contributed by atoms with E-state index in [4.69, 9.17) is 0 Å². The monoisotopic (exact) mass is 220 g/mol. The summed E-state index contributed by atoms with van der Waals surface area (Å²) in [4.78, 5) is 0. The highest BCUT2D eigenvalue weighted by Gasteiger charge is 2.03. The molecule has 2 rings (SSSR count). The smallest absolute Gasteiger partial charge is 0.0738 e. The first-order valence-corrected chi connectivity index (χ1v) is 5.20. The Labute approximate surface area is 94.3 Å². The number of nitrogens with one attached hydrogen (secondary N) is 1. The summed E-state index contributed by atoms with van der Waals surface area (Å²) in [5.41, 5.74) is 3.36. The molecule has 6 heteroatoms. The lowest BCUT2D eigenvalue weighted by atomic mass is 10.2. The Morgan fingerprint density at radius 2 is 2.12 bits per heavy atom. The molecule has 0 amide bonds. The molecule has 0 fully saturated rings. The molecule has 16 heavy (non-hydrogen) atoms. The van der Waals surface area contributed by atoms with Gasteiger partial charge >= 0.3 is 0 Å². The summed E-state index contributed by atoms with van der Waals surface area (Å²) in [6, 6.07) is 0. The summed E-state index contributed by atoms with van der Waals surface area (Å²) in [7, 11) is 3.82. The number of aryl methyl sites for hydroxylation is 3. The van der Waals surface area contributed by atoms with Crippen LogP contribution in [-0.4, -0.2) is 24.8 Å². The highest BCUT2D eigenvalue weighted by molar-refractivity contribution is 5.14. The Hall–Kier alpha value is -1.69. The normalized spacial score (nSPS) is 10.9. The van der Waals surface area contributed by atoms with Gasteiger partial charge in [-0.25, -0.2) is 0 Å². The largest absolute Gasteiger partial charge is 0.307 e. The van der Waals surface area contributed by atoms with Gasteiger partial charge in [0.2, 0.25) is 0 Å². The van der Waals surface area contributed by atoms with Gasteiger partial charge in [0.25, 0.3) is 0 Å². The van der Waals surface area contributed by atoms with E-state index in [0.29, 0.717) is 0 Å². The van der Waals surface area contributed by atoms with Crippen molar-refractivity contribution in [2.24, 2.45) is 14.1 Å². The van der Waals surface area contributed by atoms with Crippen LogP contribution in [0, 0.1) is 6.92 Å². The Kier molecular flexibility index (Phi) is 3.00. The molecule has 86 valence electrons. The molecule has 0 spiro atoms. The number of rotatable bonds is 4. The fourth-order valence-corrected chi connectivity index (χ4v) is 1.62. The highest BCUT2D eigenvalue weighted by Crippen LogP contribution is 2.04. The summed E-state index contributed by atoms with van der Waals surface area (Å²) >= 11 is 0. The molecule has 2 heterocycles. The van der Waals surface area contributed by atoms with Gasteiger partial charge in [0, 0.05) is 38.9 Å². The Bertz CT molecular complexity index is 469. The molecule has 0 saturated heterocycles. The second-order valence-corrected chi connectivity index (χ2v) is 3.87. The number of hydrogen-bond acceptors (Lipinski definition) is 4. The van der Waals surface area contributed by atoms with Gasteiger partial charge in [-0.3, -0.25) is 9.36 Å². The average Bonchev–Trinajstić information content (AvgIpc) is 2.75. The van der Waals surface area contributed by atoms with Crippen molar-refractivity contribution in [3.8, 4) is 0 Å². The molecule has 0 saturated carbocycles. The second kappa shape index (κ2) is 4.44. The van der Waals surface area contributed by atoms with Crippen molar-refractivity contribution >= 4 is 0 Å². The third-order valence-electron chi connectivity index (χ3n) is 2.54. The number of aromatic nitrogens is 5. The van der Waals surface area contributed by atoms with Crippen LogP contribution in [0.4, 0.5) is 0 Å². The van der Waals surface area contributed by atoms with E-state index < -0.39 is 0 Å². The number of hydrogen-bond donors (Lipinski definition) is 1. The molecular formula is C10H16N6. The average molecular weight is 220 g/mol. The fourth-order valence-electron chi connectivity index (χ4n) is 1.62. The van der Waals surface area contributed by atoms with Gasteiger partial charge in [0.15, 0.2) is 0 Å². The first-order chi connectivity index (χ1) is 7.66. The Morgan fingerprint density at radius 3 is 2.69 bits per heavy atom. The molecule has 2 aromatic heterocycles. The van der Waals surface area contributed by atoms with E-state index in [1.807, 2.05) is 31.9 Å². The van der Waals surface area contributed by atoms with Crippen LogP contribution in [0.25, 0.3) is 0 Å². The molecule has 0 aromatic carbocycles. The molecule has 0 bridgehead atoms. The molecule has 1 N–H and O–H groups in total. The van der Waals surface area contributed by atoms with E-state index in [9.17, 15) is 0 Å². The van der Waals surface area contributed by atoms with Gasteiger partial charge in [-0.05, 0) is 6.92 Å². The molecule has 2 aromatic rings. The lowest BCUT2D eigenvalue weighted by Gasteiger charge is -2.03. The van der Waals surface area contributed by atoms with Crippen LogP contribution < -0.4 is 5.32 Å². The van der Waals surface area contributed by atoms with Crippen molar-refractivity contribution in [2.45, 2.75) is 20.0 Å². The van der Waals surface area contributed by atoms with E-state index in [0.717, 1.165) is 24.5 Å². The molecule has 0 unspecified atom stereocenters. The maximum absolute atomic E-state index is 4.29. The summed E-state index contributed by atoms with van der Waals surface area (Å²) in [5, 5.41) is 15.3. The lowest BCUT2D eigenvalue weighted by Crippen LogP contribution is -2.15. The molecule has 0 radical (unpaired) electrons. The fraction of sp³-hybridized carbons (Fsp3) is 0.500. The summed E-state index contributed by atoms with van der Waals surface area (Å²) in [6.07, 6.45) is 3.80. The zero-order chi connectivity index (χ0) is 11.5. The van der Waals surface area contributed by atoms with Gasteiger partial charge in [0.05, 0.1) is 17.6 Å². The summed E-state index contributed by atoms with van der Waals surface area (Å²) in [5.74, 6) is 0. The molecular weight excluding hydrogens is 204 g/mol. The van der Waals surface area contributed by atoms with E-state index in [1.165, 1.54) is 5.56 Å². The van der Waals surface area contributed by atoms with E-state index in [2.05, 4.69) is 20.7 Å². The predicted molar refractivity (Wildman–Crippen MR) is 59.5 cm³/mol. The SMILES string of the molecule is Cc1nn(C)cc1CNCc1cnnn1C. The molecule has 0 aliphatic carbocycles. The predicted octanol–water partition coefficient (Wildman–Crippen LogP) is 0.147. The van der Waals surface area contributed by atoms with Crippen LogP contribution in [0.2, 0.25) is 0 Å². The molecule has 0 aliphatic heterocycles. The Morgan fingerprint density at radius 1 is 1.31 bits per heavy atom. The van der Waals surface area contributed by atoms with Gasteiger partial charge in [-0.1, -0.05) is 5.21 Å². The minimum Gasteiger partial charge on any atom is -0.307 e. The van der Waals surface area contributed by atoms with Crippen LogP contribution in [-0.2, 0) is 27.2 Å². The maximum Gasteiger partial charge on any atom is 0.0738 e. The van der Waals surface area contributed by atoms with Gasteiger partial charge in [-0.15, -0.1) is 5.10 Å². The van der Waals surface area contributed by atoms with Crippen LogP contribution in [0.15, 0.2) is 12.4 Å². The first-order valence-electron chi connectivity index (χ1n) is 5.20. The minimum absolute atomic E-state index is 0.762. The van der Waals surface area contributed by atoms with Crippen molar-refractivity contribution in [3.05, 3.63) is 29.3 Å². The molecule has 6 nitrogen and oxygen atoms in total. The van der Waals surface area contributed by atoms with E-state index in [-0.39, 0.29) is 0 Å². The second-order valence-electron chi connectivity index (χ2n) is 3.87. The van der Waals surface area contributed by atoms with Crippen molar-refractivity contribution in [2.75, 3.05) is 0 Å². The highest BCUT2D eigenvalue weighted by atomic mass is 15.4. The van der Waals surface area contributed by atoms with E-state index >= 15 is 0 Å². The zero-order valence-corrected chi connectivity index (χ0v) is 9.80. The third kappa shape index (κ3) is 2.27. The number of nitrogens with zero attached hydrogens (tertiary/aromatic N) is 5. The van der Waals surface area contributed by atoms with Gasteiger partial charge in [0.1, 0.15) is 0 Å². The standard InChI is InChI=1S/C10H16N6/c1-8-9(7-15(2)13-8)4-11-5-10-6-12-14-16(10)3/h6-7,11H,4-5H2,1-3H3. The summed E-state index contributed by atoms with van der Waals surface area (Å²) < 4.78 is 3.60. The maximum atomic E-state index is 4.29. The van der Waals surface area contributed by atoms with Crippen molar-refractivity contribution in [3.63, 3.8) is 0 Å².